The Balaban J connectivity index is 0. The molecule has 0 saturated heterocycles. The van der Waals surface area contributed by atoms with Gasteiger partial charge in [0, 0.05) is 5.69 Å². The van der Waals surface area contributed by atoms with Crippen LogP contribution in [-0.2, 0) is 0 Å². The highest BCUT2D eigenvalue weighted by Crippen LogP contribution is 2.18. The molecule has 0 aliphatic rings. The van der Waals surface area contributed by atoms with Crippen LogP contribution in [-0.4, -0.2) is 11.8 Å². The Morgan fingerprint density at radius 2 is 1.40 bits per heavy atom. The van der Waals surface area contributed by atoms with Crippen LogP contribution in [0, 0.1) is 13.8 Å². The van der Waals surface area contributed by atoms with Crippen molar-refractivity contribution in [3.63, 3.8) is 0 Å². The van der Waals surface area contributed by atoms with Crippen LogP contribution in [0.25, 0.3) is 0 Å². The standard InChI is InChI=1S/C9H13NO.2C2H6/c1-7-4-3-5-8(2)9(7)10-6-11;2*1-2/h3-5,10-11H,6H2,1-2H3;2*1-2H3. The normalized spacial score (nSPS) is 7.93. The van der Waals surface area contributed by atoms with E-state index < -0.39 is 0 Å². The number of hydrogen-bond donors (Lipinski definition) is 2. The van der Waals surface area contributed by atoms with E-state index in [0.717, 1.165) is 5.69 Å². The average Bonchev–Trinajstić information content (AvgIpc) is 2.29. The van der Waals surface area contributed by atoms with Gasteiger partial charge in [-0.05, 0) is 25.0 Å². The molecule has 2 N–H and O–H groups in total. The summed E-state index contributed by atoms with van der Waals surface area (Å²) in [4.78, 5) is 0. The van der Waals surface area contributed by atoms with Gasteiger partial charge in [0.2, 0.25) is 0 Å². The second-order valence-corrected chi connectivity index (χ2v) is 2.60. The van der Waals surface area contributed by atoms with E-state index in [0.29, 0.717) is 0 Å². The molecule has 88 valence electrons. The third-order valence-electron chi connectivity index (χ3n) is 1.74. The molecule has 0 bridgehead atoms. The van der Waals surface area contributed by atoms with Crippen LogP contribution in [0.2, 0.25) is 0 Å². The zero-order chi connectivity index (χ0) is 12.3. The van der Waals surface area contributed by atoms with E-state index in [2.05, 4.69) is 5.32 Å². The molecule has 0 atom stereocenters. The third kappa shape index (κ3) is 6.13. The Kier molecular flexibility index (Phi) is 12.1. The van der Waals surface area contributed by atoms with Crippen LogP contribution in [0.4, 0.5) is 5.69 Å². The first-order chi connectivity index (χ1) is 7.25. The Bertz CT molecular complexity index is 226. The lowest BCUT2D eigenvalue weighted by Gasteiger charge is -2.09. The van der Waals surface area contributed by atoms with Gasteiger partial charge in [0.05, 0.1) is 0 Å². The number of hydrogen-bond acceptors (Lipinski definition) is 2. The number of benzene rings is 1. The smallest absolute Gasteiger partial charge is 0.113 e. The van der Waals surface area contributed by atoms with Crippen molar-refractivity contribution in [2.24, 2.45) is 0 Å². The van der Waals surface area contributed by atoms with E-state index in [-0.39, 0.29) is 6.73 Å². The first-order valence-corrected chi connectivity index (χ1v) is 5.66. The maximum atomic E-state index is 8.66. The van der Waals surface area contributed by atoms with E-state index in [1.807, 2.05) is 59.7 Å². The van der Waals surface area contributed by atoms with Crippen LogP contribution in [0.3, 0.4) is 0 Å². The van der Waals surface area contributed by atoms with Gasteiger partial charge in [-0.3, -0.25) is 0 Å². The maximum absolute atomic E-state index is 8.66. The highest BCUT2D eigenvalue weighted by Gasteiger charge is 1.98. The van der Waals surface area contributed by atoms with Crippen molar-refractivity contribution in [1.82, 2.24) is 0 Å². The number of para-hydroxylation sites is 1. The molecule has 1 aromatic carbocycles. The minimum absolute atomic E-state index is 0.00824. The number of aliphatic hydroxyl groups is 1. The van der Waals surface area contributed by atoms with E-state index >= 15 is 0 Å². The van der Waals surface area contributed by atoms with E-state index in [9.17, 15) is 0 Å². The molecule has 15 heavy (non-hydrogen) atoms. The quantitative estimate of drug-likeness (QED) is 0.731. The fourth-order valence-electron chi connectivity index (χ4n) is 1.17. The molecule has 0 saturated carbocycles. The first-order valence-electron chi connectivity index (χ1n) is 5.66. The van der Waals surface area contributed by atoms with Gasteiger partial charge >= 0.3 is 0 Å². The second-order valence-electron chi connectivity index (χ2n) is 2.60. The summed E-state index contributed by atoms with van der Waals surface area (Å²) in [7, 11) is 0. The van der Waals surface area contributed by atoms with Gasteiger partial charge in [-0.2, -0.15) is 0 Å². The molecule has 0 spiro atoms. The zero-order valence-electron chi connectivity index (χ0n) is 10.9. The van der Waals surface area contributed by atoms with Gasteiger partial charge in [0.25, 0.3) is 0 Å². The van der Waals surface area contributed by atoms with Crippen molar-refractivity contribution in [1.29, 1.82) is 0 Å². The Labute approximate surface area is 94.3 Å². The fourth-order valence-corrected chi connectivity index (χ4v) is 1.17. The molecular formula is C13H25NO. The maximum Gasteiger partial charge on any atom is 0.113 e. The summed E-state index contributed by atoms with van der Waals surface area (Å²) in [5.41, 5.74) is 3.37. The largest absolute Gasteiger partial charge is 0.377 e. The van der Waals surface area contributed by atoms with Gasteiger partial charge in [-0.15, -0.1) is 0 Å². The zero-order valence-corrected chi connectivity index (χ0v) is 10.9. The summed E-state index contributed by atoms with van der Waals surface area (Å²) < 4.78 is 0. The van der Waals surface area contributed by atoms with Crippen molar-refractivity contribution < 1.29 is 5.11 Å². The minimum Gasteiger partial charge on any atom is -0.377 e. The molecule has 2 heteroatoms. The van der Waals surface area contributed by atoms with Crippen LogP contribution in [0.15, 0.2) is 18.2 Å². The molecule has 0 aromatic heterocycles. The lowest BCUT2D eigenvalue weighted by atomic mass is 10.1. The van der Waals surface area contributed by atoms with Crippen LogP contribution < -0.4 is 5.32 Å². The van der Waals surface area contributed by atoms with Gasteiger partial charge in [-0.25, -0.2) is 0 Å². The molecule has 0 amide bonds. The Morgan fingerprint density at radius 3 is 1.73 bits per heavy atom. The van der Waals surface area contributed by atoms with Gasteiger partial charge in [-0.1, -0.05) is 45.9 Å². The number of anilines is 1. The van der Waals surface area contributed by atoms with Crippen molar-refractivity contribution >= 4 is 5.69 Å². The van der Waals surface area contributed by atoms with Crippen LogP contribution in [0.5, 0.6) is 0 Å². The summed E-state index contributed by atoms with van der Waals surface area (Å²) in [6.45, 7) is 12.0. The predicted octanol–water partition coefficient (Wildman–Crippen LogP) is 3.72. The summed E-state index contributed by atoms with van der Waals surface area (Å²) in [6.07, 6.45) is 0. The summed E-state index contributed by atoms with van der Waals surface area (Å²) in [5, 5.41) is 11.6. The molecule has 1 rings (SSSR count). The van der Waals surface area contributed by atoms with Crippen LogP contribution in [0.1, 0.15) is 38.8 Å². The topological polar surface area (TPSA) is 32.3 Å². The molecule has 2 nitrogen and oxygen atoms in total. The highest BCUT2D eigenvalue weighted by atomic mass is 16.3. The van der Waals surface area contributed by atoms with Crippen molar-refractivity contribution in [3.8, 4) is 0 Å². The fraction of sp³-hybridized carbons (Fsp3) is 0.538. The summed E-state index contributed by atoms with van der Waals surface area (Å²) in [6, 6.07) is 6.04. The third-order valence-corrected chi connectivity index (χ3v) is 1.74. The summed E-state index contributed by atoms with van der Waals surface area (Å²) in [5.74, 6) is 0. The number of aliphatic hydroxyl groups excluding tert-OH is 1. The molecule has 0 aliphatic heterocycles. The lowest BCUT2D eigenvalue weighted by Crippen LogP contribution is -2.02. The molecule has 0 fully saturated rings. The molecule has 0 unspecified atom stereocenters. The van der Waals surface area contributed by atoms with Gasteiger partial charge in [0.1, 0.15) is 6.73 Å². The SMILES string of the molecule is CC.CC.Cc1cccc(C)c1NCO. The van der Waals surface area contributed by atoms with E-state index in [4.69, 9.17) is 5.11 Å². The minimum atomic E-state index is -0.00824. The van der Waals surface area contributed by atoms with Gasteiger partial charge in [0.15, 0.2) is 0 Å². The Morgan fingerprint density at radius 1 is 1.00 bits per heavy atom. The monoisotopic (exact) mass is 211 g/mol. The van der Waals surface area contributed by atoms with Crippen molar-refractivity contribution in [3.05, 3.63) is 29.3 Å². The Hall–Kier alpha value is -1.02. The van der Waals surface area contributed by atoms with Crippen LogP contribution >= 0.6 is 0 Å². The van der Waals surface area contributed by atoms with E-state index in [1.165, 1.54) is 11.1 Å². The molecular weight excluding hydrogens is 186 g/mol. The molecule has 0 aliphatic carbocycles. The molecule has 0 heterocycles. The first kappa shape index (κ1) is 16.4. The predicted molar refractivity (Wildman–Crippen MR) is 69.3 cm³/mol. The number of nitrogens with one attached hydrogen (secondary N) is 1. The van der Waals surface area contributed by atoms with E-state index in [1.54, 1.807) is 0 Å². The highest BCUT2D eigenvalue weighted by molar-refractivity contribution is 5.56. The second kappa shape index (κ2) is 11.1. The molecule has 1 aromatic rings. The molecule has 0 radical (unpaired) electrons. The average molecular weight is 211 g/mol. The van der Waals surface area contributed by atoms with Crippen molar-refractivity contribution in [2.75, 3.05) is 12.0 Å². The lowest BCUT2D eigenvalue weighted by molar-refractivity contribution is 0.325. The number of rotatable bonds is 2. The summed E-state index contributed by atoms with van der Waals surface area (Å²) >= 11 is 0. The number of aryl methyl sites for hydroxylation is 2. The van der Waals surface area contributed by atoms with Gasteiger partial charge < -0.3 is 10.4 Å². The van der Waals surface area contributed by atoms with Crippen molar-refractivity contribution in [2.45, 2.75) is 41.5 Å².